The number of pyridine rings is 2. The fourth-order valence-electron chi connectivity index (χ4n) is 3.17. The first-order valence-corrected chi connectivity index (χ1v) is 9.79. The molecule has 0 aliphatic carbocycles. The molecule has 33 heavy (non-hydrogen) atoms. The number of benzene rings is 1. The Morgan fingerprint density at radius 1 is 1.21 bits per heavy atom. The standard InChI is InChI=1S/C23H19FN3O5.Na/c1-3-31-22(29)17(11-25)15-10-20-16(9-19(15)24)21(28)18(23(30)32-4-2)13-27(20)12-14-7-5-6-8-26-14;/h5-10,13H,3-4,12H2,1-2H3;/q-1;+1. The molecule has 3 aromatic rings. The third-order valence-electron chi connectivity index (χ3n) is 4.58. The van der Waals surface area contributed by atoms with E-state index in [1.165, 1.54) is 16.8 Å². The summed E-state index contributed by atoms with van der Waals surface area (Å²) in [5.41, 5.74) is -0.486. The van der Waals surface area contributed by atoms with E-state index in [0.717, 1.165) is 6.07 Å². The van der Waals surface area contributed by atoms with Gasteiger partial charge in [-0.25, -0.2) is 10.1 Å². The summed E-state index contributed by atoms with van der Waals surface area (Å²) in [5.74, 6) is -3.31. The van der Waals surface area contributed by atoms with Gasteiger partial charge in [-0.15, -0.1) is 11.6 Å². The Balaban J connectivity index is 0.00000385. The van der Waals surface area contributed by atoms with Gasteiger partial charge in [0.05, 0.1) is 25.5 Å². The second kappa shape index (κ2) is 11.6. The van der Waals surface area contributed by atoms with Crippen LogP contribution in [0.25, 0.3) is 10.9 Å². The van der Waals surface area contributed by atoms with Crippen molar-refractivity contribution in [2.45, 2.75) is 20.4 Å². The summed E-state index contributed by atoms with van der Waals surface area (Å²) in [7, 11) is 0. The Morgan fingerprint density at radius 2 is 1.94 bits per heavy atom. The van der Waals surface area contributed by atoms with E-state index in [0.29, 0.717) is 5.69 Å². The maximum absolute atomic E-state index is 14.9. The summed E-state index contributed by atoms with van der Waals surface area (Å²) >= 11 is 0. The van der Waals surface area contributed by atoms with Crippen LogP contribution in [-0.4, -0.2) is 34.7 Å². The quantitative estimate of drug-likeness (QED) is 0.273. The second-order valence-corrected chi connectivity index (χ2v) is 6.60. The fraction of sp³-hybridized carbons (Fsp3) is 0.217. The number of halogens is 1. The van der Waals surface area contributed by atoms with Gasteiger partial charge in [-0.3, -0.25) is 19.0 Å². The molecule has 0 bridgehead atoms. The topological polar surface area (TPSA) is 111 Å². The number of carbonyl (C=O) groups is 2. The molecule has 0 unspecified atom stereocenters. The van der Waals surface area contributed by atoms with E-state index >= 15 is 0 Å². The Kier molecular flexibility index (Phi) is 9.17. The van der Waals surface area contributed by atoms with Crippen LogP contribution in [0.15, 0.2) is 47.5 Å². The molecule has 10 heteroatoms. The summed E-state index contributed by atoms with van der Waals surface area (Å²) < 4.78 is 26.2. The van der Waals surface area contributed by atoms with Gasteiger partial charge in [0.15, 0.2) is 0 Å². The Labute approximate surface area is 211 Å². The molecule has 0 amide bonds. The predicted octanol–water partition coefficient (Wildman–Crippen LogP) is -0.226. The predicted molar refractivity (Wildman–Crippen MR) is 112 cm³/mol. The molecule has 3 rings (SSSR count). The first-order valence-electron chi connectivity index (χ1n) is 9.79. The minimum Gasteiger partial charge on any atom is -0.471 e. The number of esters is 2. The van der Waals surface area contributed by atoms with Crippen LogP contribution in [0.4, 0.5) is 4.39 Å². The Bertz CT molecular complexity index is 1270. The second-order valence-electron chi connectivity index (χ2n) is 6.60. The van der Waals surface area contributed by atoms with Crippen molar-refractivity contribution in [3.05, 3.63) is 81.5 Å². The number of rotatable bonds is 7. The van der Waals surface area contributed by atoms with Crippen molar-refractivity contribution in [3.63, 3.8) is 0 Å². The molecule has 2 heterocycles. The van der Waals surface area contributed by atoms with Gasteiger partial charge in [0.25, 0.3) is 5.97 Å². The van der Waals surface area contributed by atoms with Gasteiger partial charge < -0.3 is 14.0 Å². The zero-order valence-corrected chi connectivity index (χ0v) is 20.4. The molecule has 0 saturated carbocycles. The molecule has 1 aromatic carbocycles. The van der Waals surface area contributed by atoms with Gasteiger partial charge in [0.1, 0.15) is 5.56 Å². The number of hydrogen-bond acceptors (Lipinski definition) is 7. The summed E-state index contributed by atoms with van der Waals surface area (Å²) in [6.45, 7) is 3.36. The average molecular weight is 459 g/mol. The minimum atomic E-state index is -0.977. The van der Waals surface area contributed by atoms with Crippen molar-refractivity contribution in [1.82, 2.24) is 9.55 Å². The van der Waals surface area contributed by atoms with E-state index < -0.39 is 29.1 Å². The number of fused-ring (bicyclic) bond motifs is 1. The van der Waals surface area contributed by atoms with Gasteiger partial charge in [0, 0.05) is 35.6 Å². The molecular formula is C23H19FN3NaO5. The largest absolute Gasteiger partial charge is 1.00 e. The molecule has 164 valence electrons. The van der Waals surface area contributed by atoms with E-state index in [1.807, 2.05) is 0 Å². The molecule has 0 N–H and O–H groups in total. The van der Waals surface area contributed by atoms with Crippen molar-refractivity contribution in [3.8, 4) is 6.07 Å². The van der Waals surface area contributed by atoms with Crippen molar-refractivity contribution < 1.29 is 53.0 Å². The number of nitriles is 1. The van der Waals surface area contributed by atoms with Crippen LogP contribution in [0.1, 0.15) is 35.5 Å². The zero-order valence-electron chi connectivity index (χ0n) is 18.4. The molecule has 2 aromatic heterocycles. The molecular weight excluding hydrogens is 440 g/mol. The summed E-state index contributed by atoms with van der Waals surface area (Å²) in [6, 6.07) is 9.04. The molecule has 0 aliphatic heterocycles. The van der Waals surface area contributed by atoms with E-state index in [-0.39, 0.29) is 71.3 Å². The van der Waals surface area contributed by atoms with Gasteiger partial charge in [0.2, 0.25) is 5.43 Å². The number of aromatic nitrogens is 2. The van der Waals surface area contributed by atoms with E-state index in [2.05, 4.69) is 4.98 Å². The summed E-state index contributed by atoms with van der Waals surface area (Å²) in [4.78, 5) is 41.6. The SMILES string of the molecule is CCOC(=O)c1cn(Cc2ccccn2)c2cc([C-](C#N)C(=O)OCC)c(F)cc2c1=O.[Na+]. The summed E-state index contributed by atoms with van der Waals surface area (Å²) in [5, 5.41) is 9.31. The minimum absolute atomic E-state index is 0. The van der Waals surface area contributed by atoms with Crippen LogP contribution < -0.4 is 35.0 Å². The summed E-state index contributed by atoms with van der Waals surface area (Å²) in [6.07, 6.45) is 2.88. The molecule has 0 saturated heterocycles. The average Bonchev–Trinajstić information content (AvgIpc) is 2.78. The van der Waals surface area contributed by atoms with Gasteiger partial charge >= 0.3 is 35.5 Å². The van der Waals surface area contributed by atoms with Crippen molar-refractivity contribution in [1.29, 1.82) is 5.26 Å². The third-order valence-corrected chi connectivity index (χ3v) is 4.58. The van der Waals surface area contributed by atoms with E-state index in [1.54, 1.807) is 44.3 Å². The van der Waals surface area contributed by atoms with Gasteiger partial charge in [-0.2, -0.15) is 0 Å². The smallest absolute Gasteiger partial charge is 0.471 e. The van der Waals surface area contributed by atoms with Crippen molar-refractivity contribution >= 4 is 22.8 Å². The van der Waals surface area contributed by atoms with Crippen LogP contribution >= 0.6 is 0 Å². The van der Waals surface area contributed by atoms with Crippen LogP contribution in [-0.2, 0) is 20.8 Å². The monoisotopic (exact) mass is 459 g/mol. The fourth-order valence-corrected chi connectivity index (χ4v) is 3.17. The van der Waals surface area contributed by atoms with Crippen LogP contribution in [0, 0.1) is 23.1 Å². The van der Waals surface area contributed by atoms with E-state index in [9.17, 15) is 24.0 Å². The third kappa shape index (κ3) is 5.60. The van der Waals surface area contributed by atoms with Crippen molar-refractivity contribution in [2.75, 3.05) is 13.2 Å². The Morgan fingerprint density at radius 3 is 2.55 bits per heavy atom. The normalized spacial score (nSPS) is 10.1. The molecule has 0 fully saturated rings. The molecule has 0 atom stereocenters. The zero-order chi connectivity index (χ0) is 23.3. The molecule has 0 radical (unpaired) electrons. The van der Waals surface area contributed by atoms with E-state index in [4.69, 9.17) is 9.47 Å². The molecule has 0 spiro atoms. The van der Waals surface area contributed by atoms with Crippen LogP contribution in [0.2, 0.25) is 0 Å². The number of ether oxygens (including phenoxy) is 2. The number of carbonyl (C=O) groups excluding carboxylic acids is 2. The number of hydrogen-bond donors (Lipinski definition) is 0. The maximum Gasteiger partial charge on any atom is 1.00 e. The first kappa shape index (κ1) is 26.1. The van der Waals surface area contributed by atoms with Gasteiger partial charge in [-0.1, -0.05) is 12.1 Å². The first-order chi connectivity index (χ1) is 15.4. The molecule has 0 aliphatic rings. The Hall–Kier alpha value is -3.19. The molecule has 8 nitrogen and oxygen atoms in total. The number of nitrogens with zero attached hydrogens (tertiary/aromatic N) is 3. The van der Waals surface area contributed by atoms with Crippen LogP contribution in [0.5, 0.6) is 0 Å². The van der Waals surface area contributed by atoms with Crippen molar-refractivity contribution in [2.24, 2.45) is 0 Å². The van der Waals surface area contributed by atoms with Crippen LogP contribution in [0.3, 0.4) is 0 Å². The maximum atomic E-state index is 14.9. The van der Waals surface area contributed by atoms with Gasteiger partial charge in [-0.05, 0) is 31.5 Å².